The predicted octanol–water partition coefficient (Wildman–Crippen LogP) is 2.36. The van der Waals surface area contributed by atoms with Crippen LogP contribution in [-0.4, -0.2) is 35.6 Å². The van der Waals surface area contributed by atoms with Gasteiger partial charge in [0.15, 0.2) is 0 Å². The van der Waals surface area contributed by atoms with E-state index in [0.29, 0.717) is 0 Å². The molecule has 0 saturated carbocycles. The molecule has 0 heterocycles. The Morgan fingerprint density at radius 3 is 2.25 bits per heavy atom. The van der Waals surface area contributed by atoms with Crippen LogP contribution in [0.15, 0.2) is 30.3 Å². The van der Waals surface area contributed by atoms with Crippen LogP contribution in [0.5, 0.6) is 0 Å². The van der Waals surface area contributed by atoms with Gasteiger partial charge < -0.3 is 10.6 Å². The molecular weight excluding hydrogens is 269 g/mol. The van der Waals surface area contributed by atoms with E-state index in [4.69, 9.17) is 5.73 Å². The van der Waals surface area contributed by atoms with Gasteiger partial charge >= 0.3 is 6.18 Å². The van der Waals surface area contributed by atoms with Crippen molar-refractivity contribution >= 4 is 5.91 Å². The lowest BCUT2D eigenvalue weighted by Crippen LogP contribution is -2.51. The van der Waals surface area contributed by atoms with E-state index >= 15 is 0 Å². The Morgan fingerprint density at radius 1 is 1.25 bits per heavy atom. The summed E-state index contributed by atoms with van der Waals surface area (Å²) >= 11 is 0. The molecule has 0 aliphatic heterocycles. The third kappa shape index (κ3) is 5.21. The first-order valence-corrected chi connectivity index (χ1v) is 6.37. The maximum atomic E-state index is 12.5. The van der Waals surface area contributed by atoms with E-state index in [9.17, 15) is 18.0 Å². The van der Waals surface area contributed by atoms with Crippen molar-refractivity contribution < 1.29 is 18.0 Å². The van der Waals surface area contributed by atoms with E-state index in [1.54, 1.807) is 38.1 Å². The lowest BCUT2D eigenvalue weighted by atomic mass is 10.1. The number of nitrogens with two attached hydrogens (primary N) is 1. The molecule has 1 aromatic rings. The van der Waals surface area contributed by atoms with Gasteiger partial charge in [0.2, 0.25) is 5.91 Å². The molecule has 1 aromatic carbocycles. The molecule has 20 heavy (non-hydrogen) atoms. The van der Waals surface area contributed by atoms with Crippen molar-refractivity contribution in [1.82, 2.24) is 4.90 Å². The number of halogens is 3. The number of rotatable bonds is 5. The molecule has 1 rings (SSSR count). The van der Waals surface area contributed by atoms with Crippen molar-refractivity contribution in [2.45, 2.75) is 38.5 Å². The number of benzene rings is 1. The minimum atomic E-state index is -4.42. The molecule has 3 nitrogen and oxygen atoms in total. The summed E-state index contributed by atoms with van der Waals surface area (Å²) in [6.07, 6.45) is -4.20. The molecule has 0 aliphatic rings. The maximum Gasteiger partial charge on any atom is 0.406 e. The zero-order valence-electron chi connectivity index (χ0n) is 11.5. The molecular formula is C14H19F3N2O. The van der Waals surface area contributed by atoms with Crippen molar-refractivity contribution in [3.05, 3.63) is 35.9 Å². The highest BCUT2D eigenvalue weighted by Gasteiger charge is 2.35. The molecule has 0 aliphatic carbocycles. The number of nitrogens with zero attached hydrogens (tertiary/aromatic N) is 1. The third-order valence-corrected chi connectivity index (χ3v) is 2.87. The second kappa shape index (κ2) is 6.74. The quantitative estimate of drug-likeness (QED) is 0.904. The monoisotopic (exact) mass is 288 g/mol. The zero-order valence-corrected chi connectivity index (χ0v) is 11.5. The Balaban J connectivity index is 2.74. The van der Waals surface area contributed by atoms with Crippen LogP contribution in [-0.2, 0) is 11.2 Å². The maximum absolute atomic E-state index is 12.5. The molecule has 1 unspecified atom stereocenters. The van der Waals surface area contributed by atoms with Gasteiger partial charge in [-0.15, -0.1) is 0 Å². The number of amides is 1. The molecule has 6 heteroatoms. The van der Waals surface area contributed by atoms with Crippen LogP contribution in [0.2, 0.25) is 0 Å². The summed E-state index contributed by atoms with van der Waals surface area (Å²) in [6.45, 7) is 1.81. The van der Waals surface area contributed by atoms with Gasteiger partial charge in [-0.05, 0) is 25.8 Å². The van der Waals surface area contributed by atoms with E-state index < -0.39 is 30.7 Å². The Bertz CT molecular complexity index is 432. The molecule has 0 radical (unpaired) electrons. The molecule has 1 amide bonds. The highest BCUT2D eigenvalue weighted by atomic mass is 19.4. The van der Waals surface area contributed by atoms with E-state index in [2.05, 4.69) is 0 Å². The topological polar surface area (TPSA) is 46.3 Å². The van der Waals surface area contributed by atoms with E-state index in [1.807, 2.05) is 6.07 Å². The summed E-state index contributed by atoms with van der Waals surface area (Å²) in [4.78, 5) is 12.8. The Labute approximate surface area is 116 Å². The molecule has 0 saturated heterocycles. The molecule has 0 fully saturated rings. The summed E-state index contributed by atoms with van der Waals surface area (Å²) in [7, 11) is 0. The van der Waals surface area contributed by atoms with Crippen molar-refractivity contribution in [2.24, 2.45) is 5.73 Å². The standard InChI is InChI=1S/C14H19F3N2O/c1-10(2)19(9-14(15,16)17)13(20)12(18)8-11-6-4-3-5-7-11/h3-7,10,12H,8-9,18H2,1-2H3. The van der Waals surface area contributed by atoms with Crippen LogP contribution in [0.3, 0.4) is 0 Å². The fourth-order valence-corrected chi connectivity index (χ4v) is 1.88. The van der Waals surface area contributed by atoms with Gasteiger partial charge in [-0.3, -0.25) is 4.79 Å². The highest BCUT2D eigenvalue weighted by molar-refractivity contribution is 5.82. The lowest BCUT2D eigenvalue weighted by molar-refractivity contribution is -0.165. The number of carbonyl (C=O) groups excluding carboxylic acids is 1. The second-order valence-electron chi connectivity index (χ2n) is 4.97. The Morgan fingerprint density at radius 2 is 1.80 bits per heavy atom. The largest absolute Gasteiger partial charge is 0.406 e. The first-order chi connectivity index (χ1) is 9.20. The molecule has 1 atom stereocenters. The lowest BCUT2D eigenvalue weighted by Gasteiger charge is -2.30. The van der Waals surface area contributed by atoms with Crippen LogP contribution >= 0.6 is 0 Å². The second-order valence-corrected chi connectivity index (χ2v) is 4.97. The minimum absolute atomic E-state index is 0.223. The van der Waals surface area contributed by atoms with Gasteiger partial charge in [0.1, 0.15) is 6.54 Å². The normalized spacial score (nSPS) is 13.3. The van der Waals surface area contributed by atoms with Gasteiger partial charge in [-0.25, -0.2) is 0 Å². The average molecular weight is 288 g/mol. The van der Waals surface area contributed by atoms with Gasteiger partial charge in [-0.2, -0.15) is 13.2 Å². The number of carbonyl (C=O) groups is 1. The summed E-state index contributed by atoms with van der Waals surface area (Å²) < 4.78 is 37.4. The first kappa shape index (κ1) is 16.5. The molecule has 0 bridgehead atoms. The Kier molecular flexibility index (Phi) is 5.56. The van der Waals surface area contributed by atoms with E-state index in [-0.39, 0.29) is 6.42 Å². The number of alkyl halides is 3. The minimum Gasteiger partial charge on any atom is -0.330 e. The molecule has 0 spiro atoms. The van der Waals surface area contributed by atoms with Crippen LogP contribution < -0.4 is 5.73 Å². The fourth-order valence-electron chi connectivity index (χ4n) is 1.88. The van der Waals surface area contributed by atoms with Gasteiger partial charge in [0.25, 0.3) is 0 Å². The highest BCUT2D eigenvalue weighted by Crippen LogP contribution is 2.19. The van der Waals surface area contributed by atoms with Crippen molar-refractivity contribution in [2.75, 3.05) is 6.54 Å². The SMILES string of the molecule is CC(C)N(CC(F)(F)F)C(=O)C(N)Cc1ccccc1. The van der Waals surface area contributed by atoms with Gasteiger partial charge in [0.05, 0.1) is 6.04 Å². The van der Waals surface area contributed by atoms with Crippen LogP contribution in [0.25, 0.3) is 0 Å². The van der Waals surface area contributed by atoms with E-state index in [1.165, 1.54) is 0 Å². The fraction of sp³-hybridized carbons (Fsp3) is 0.500. The Hall–Kier alpha value is -1.56. The van der Waals surface area contributed by atoms with Crippen LogP contribution in [0, 0.1) is 0 Å². The van der Waals surface area contributed by atoms with Crippen LogP contribution in [0.1, 0.15) is 19.4 Å². The number of hydrogen-bond acceptors (Lipinski definition) is 2. The summed E-state index contributed by atoms with van der Waals surface area (Å²) in [5.74, 6) is -0.679. The average Bonchev–Trinajstić information content (AvgIpc) is 2.35. The zero-order chi connectivity index (χ0) is 15.3. The van der Waals surface area contributed by atoms with Gasteiger partial charge in [0, 0.05) is 6.04 Å². The van der Waals surface area contributed by atoms with Gasteiger partial charge in [-0.1, -0.05) is 30.3 Å². The van der Waals surface area contributed by atoms with Crippen molar-refractivity contribution in [3.8, 4) is 0 Å². The first-order valence-electron chi connectivity index (χ1n) is 6.37. The summed E-state index contributed by atoms with van der Waals surface area (Å²) in [5.41, 5.74) is 6.57. The molecule has 112 valence electrons. The summed E-state index contributed by atoms with van der Waals surface area (Å²) in [6, 6.07) is 7.46. The number of hydrogen-bond donors (Lipinski definition) is 1. The van der Waals surface area contributed by atoms with Crippen molar-refractivity contribution in [1.29, 1.82) is 0 Å². The third-order valence-electron chi connectivity index (χ3n) is 2.87. The smallest absolute Gasteiger partial charge is 0.330 e. The van der Waals surface area contributed by atoms with Crippen LogP contribution in [0.4, 0.5) is 13.2 Å². The van der Waals surface area contributed by atoms with E-state index in [0.717, 1.165) is 10.5 Å². The van der Waals surface area contributed by atoms with Crippen molar-refractivity contribution in [3.63, 3.8) is 0 Å². The predicted molar refractivity (Wildman–Crippen MR) is 71.0 cm³/mol. The molecule has 2 N–H and O–H groups in total. The molecule has 0 aromatic heterocycles. The summed E-state index contributed by atoms with van der Waals surface area (Å²) in [5, 5.41) is 0.